The standard InChI is InChI=1S/C16H32N2O/c1-14(2)15-12-16(13-17,8-11-19-15)18-9-6-4-3-5-7-10-18/h14-15H,3-13,17H2,1-2H3. The Morgan fingerprint density at radius 1 is 1.16 bits per heavy atom. The van der Waals surface area contributed by atoms with Crippen LogP contribution in [-0.2, 0) is 4.74 Å². The van der Waals surface area contributed by atoms with Gasteiger partial charge in [-0.05, 0) is 44.7 Å². The molecule has 3 heteroatoms. The molecule has 2 aliphatic rings. The molecule has 3 nitrogen and oxygen atoms in total. The molecule has 2 rings (SSSR count). The minimum Gasteiger partial charge on any atom is -0.378 e. The fourth-order valence-corrected chi connectivity index (χ4v) is 3.69. The van der Waals surface area contributed by atoms with Crippen LogP contribution in [0, 0.1) is 5.92 Å². The van der Waals surface area contributed by atoms with Crippen LogP contribution in [0.5, 0.6) is 0 Å². The molecule has 19 heavy (non-hydrogen) atoms. The van der Waals surface area contributed by atoms with Crippen molar-refractivity contribution >= 4 is 0 Å². The van der Waals surface area contributed by atoms with E-state index in [1.807, 2.05) is 0 Å². The lowest BCUT2D eigenvalue weighted by atomic mass is 9.81. The van der Waals surface area contributed by atoms with Crippen LogP contribution in [0.2, 0.25) is 0 Å². The second kappa shape index (κ2) is 7.05. The summed E-state index contributed by atoms with van der Waals surface area (Å²) in [5, 5.41) is 0. The van der Waals surface area contributed by atoms with E-state index in [4.69, 9.17) is 10.5 Å². The number of rotatable bonds is 3. The summed E-state index contributed by atoms with van der Waals surface area (Å²) in [6.07, 6.45) is 9.52. The second-order valence-corrected chi connectivity index (χ2v) is 6.79. The Morgan fingerprint density at radius 3 is 2.37 bits per heavy atom. The molecule has 2 saturated heterocycles. The van der Waals surface area contributed by atoms with E-state index in [1.165, 1.54) is 45.2 Å². The highest BCUT2D eigenvalue weighted by Gasteiger charge is 2.41. The lowest BCUT2D eigenvalue weighted by Crippen LogP contribution is -2.59. The van der Waals surface area contributed by atoms with Crippen molar-refractivity contribution in [2.24, 2.45) is 11.7 Å². The lowest BCUT2D eigenvalue weighted by molar-refractivity contribution is -0.0889. The van der Waals surface area contributed by atoms with Crippen LogP contribution in [0.3, 0.4) is 0 Å². The highest BCUT2D eigenvalue weighted by Crippen LogP contribution is 2.34. The van der Waals surface area contributed by atoms with Crippen molar-refractivity contribution in [1.82, 2.24) is 4.90 Å². The van der Waals surface area contributed by atoms with Gasteiger partial charge in [0.15, 0.2) is 0 Å². The molecule has 0 spiro atoms. The molecule has 0 aromatic heterocycles. The Labute approximate surface area is 118 Å². The highest BCUT2D eigenvalue weighted by molar-refractivity contribution is 4.97. The van der Waals surface area contributed by atoms with E-state index in [9.17, 15) is 0 Å². The monoisotopic (exact) mass is 268 g/mol. The van der Waals surface area contributed by atoms with Gasteiger partial charge < -0.3 is 10.5 Å². The van der Waals surface area contributed by atoms with Gasteiger partial charge in [-0.15, -0.1) is 0 Å². The van der Waals surface area contributed by atoms with Gasteiger partial charge in [-0.25, -0.2) is 0 Å². The van der Waals surface area contributed by atoms with Crippen LogP contribution in [0.15, 0.2) is 0 Å². The average Bonchev–Trinajstić information content (AvgIpc) is 2.38. The number of hydrogen-bond acceptors (Lipinski definition) is 3. The predicted octanol–water partition coefficient (Wildman–Crippen LogP) is 2.79. The third-order valence-corrected chi connectivity index (χ3v) is 5.13. The van der Waals surface area contributed by atoms with Crippen molar-refractivity contribution in [3.05, 3.63) is 0 Å². The first-order valence-corrected chi connectivity index (χ1v) is 8.25. The lowest BCUT2D eigenvalue weighted by Gasteiger charge is -2.49. The maximum atomic E-state index is 6.22. The molecule has 0 aromatic rings. The third-order valence-electron chi connectivity index (χ3n) is 5.13. The van der Waals surface area contributed by atoms with Crippen molar-refractivity contribution < 1.29 is 4.74 Å². The van der Waals surface area contributed by atoms with Crippen molar-refractivity contribution in [2.45, 2.75) is 70.4 Å². The molecular formula is C16H32N2O. The number of hydrogen-bond donors (Lipinski definition) is 1. The number of nitrogens with zero attached hydrogens (tertiary/aromatic N) is 1. The molecule has 0 aliphatic carbocycles. The van der Waals surface area contributed by atoms with Gasteiger partial charge in [-0.3, -0.25) is 4.90 Å². The molecule has 2 unspecified atom stereocenters. The fraction of sp³-hybridized carbons (Fsp3) is 1.00. The van der Waals surface area contributed by atoms with Gasteiger partial charge in [0.25, 0.3) is 0 Å². The second-order valence-electron chi connectivity index (χ2n) is 6.79. The average molecular weight is 268 g/mol. The topological polar surface area (TPSA) is 38.5 Å². The fourth-order valence-electron chi connectivity index (χ4n) is 3.69. The van der Waals surface area contributed by atoms with E-state index in [-0.39, 0.29) is 5.54 Å². The van der Waals surface area contributed by atoms with Crippen molar-refractivity contribution in [2.75, 3.05) is 26.2 Å². The summed E-state index contributed by atoms with van der Waals surface area (Å²) >= 11 is 0. The zero-order chi connectivity index (χ0) is 13.7. The van der Waals surface area contributed by atoms with Crippen LogP contribution in [0.4, 0.5) is 0 Å². The molecule has 0 amide bonds. The largest absolute Gasteiger partial charge is 0.378 e. The predicted molar refractivity (Wildman–Crippen MR) is 80.3 cm³/mol. The van der Waals surface area contributed by atoms with Crippen LogP contribution < -0.4 is 5.73 Å². The summed E-state index contributed by atoms with van der Waals surface area (Å²) in [5.74, 6) is 0.598. The first kappa shape index (κ1) is 15.3. The summed E-state index contributed by atoms with van der Waals surface area (Å²) < 4.78 is 5.96. The SMILES string of the molecule is CC(C)C1CC(CN)(N2CCCCCCC2)CCO1. The zero-order valence-corrected chi connectivity index (χ0v) is 12.9. The van der Waals surface area contributed by atoms with Gasteiger partial charge in [-0.1, -0.05) is 33.1 Å². The van der Waals surface area contributed by atoms with Gasteiger partial charge in [0, 0.05) is 18.7 Å². The Kier molecular flexibility index (Phi) is 5.67. The summed E-state index contributed by atoms with van der Waals surface area (Å²) in [7, 11) is 0. The van der Waals surface area contributed by atoms with Crippen molar-refractivity contribution in [3.63, 3.8) is 0 Å². The first-order chi connectivity index (χ1) is 9.18. The Morgan fingerprint density at radius 2 is 1.79 bits per heavy atom. The summed E-state index contributed by atoms with van der Waals surface area (Å²) in [4.78, 5) is 2.71. The van der Waals surface area contributed by atoms with Crippen molar-refractivity contribution in [1.29, 1.82) is 0 Å². The molecule has 112 valence electrons. The summed E-state index contributed by atoms with van der Waals surface area (Å²) in [6.45, 7) is 8.69. The number of likely N-dealkylation sites (tertiary alicyclic amines) is 1. The highest BCUT2D eigenvalue weighted by atomic mass is 16.5. The summed E-state index contributed by atoms with van der Waals surface area (Å²) in [6, 6.07) is 0. The number of nitrogens with two attached hydrogens (primary N) is 1. The molecule has 2 aliphatic heterocycles. The van der Waals surface area contributed by atoms with Crippen LogP contribution in [-0.4, -0.2) is 42.8 Å². The van der Waals surface area contributed by atoms with Crippen LogP contribution in [0.1, 0.15) is 58.8 Å². The Bertz CT molecular complexity index is 261. The molecule has 2 heterocycles. The van der Waals surface area contributed by atoms with Gasteiger partial charge in [0.2, 0.25) is 0 Å². The Hall–Kier alpha value is -0.120. The van der Waals surface area contributed by atoms with E-state index in [1.54, 1.807) is 0 Å². The van der Waals surface area contributed by atoms with E-state index < -0.39 is 0 Å². The van der Waals surface area contributed by atoms with E-state index in [2.05, 4.69) is 18.7 Å². The maximum absolute atomic E-state index is 6.22. The van der Waals surface area contributed by atoms with E-state index in [0.717, 1.165) is 26.0 Å². The molecule has 0 radical (unpaired) electrons. The van der Waals surface area contributed by atoms with Crippen LogP contribution in [0.25, 0.3) is 0 Å². The van der Waals surface area contributed by atoms with Crippen molar-refractivity contribution in [3.8, 4) is 0 Å². The van der Waals surface area contributed by atoms with Gasteiger partial charge in [-0.2, -0.15) is 0 Å². The molecule has 2 atom stereocenters. The molecule has 2 N–H and O–H groups in total. The van der Waals surface area contributed by atoms with Gasteiger partial charge in [0.05, 0.1) is 6.10 Å². The van der Waals surface area contributed by atoms with E-state index in [0.29, 0.717) is 12.0 Å². The van der Waals surface area contributed by atoms with E-state index >= 15 is 0 Å². The molecule has 0 aromatic carbocycles. The van der Waals surface area contributed by atoms with Gasteiger partial charge in [0.1, 0.15) is 0 Å². The normalized spacial score (nSPS) is 35.1. The molecule has 2 fully saturated rings. The number of ether oxygens (including phenoxy) is 1. The third kappa shape index (κ3) is 3.71. The Balaban J connectivity index is 2.06. The van der Waals surface area contributed by atoms with Gasteiger partial charge >= 0.3 is 0 Å². The summed E-state index contributed by atoms with van der Waals surface area (Å²) in [5.41, 5.74) is 6.44. The maximum Gasteiger partial charge on any atom is 0.0616 e. The zero-order valence-electron chi connectivity index (χ0n) is 12.9. The smallest absolute Gasteiger partial charge is 0.0616 e. The quantitative estimate of drug-likeness (QED) is 0.855. The first-order valence-electron chi connectivity index (χ1n) is 8.25. The minimum atomic E-state index is 0.213. The molecular weight excluding hydrogens is 236 g/mol. The van der Waals surface area contributed by atoms with Crippen LogP contribution >= 0.6 is 0 Å². The minimum absolute atomic E-state index is 0.213. The molecule has 0 saturated carbocycles. The molecule has 0 bridgehead atoms.